The number of aromatic nitrogens is 1. The number of hydrogen-bond donors (Lipinski definition) is 1. The third kappa shape index (κ3) is 1.86. The van der Waals surface area contributed by atoms with Gasteiger partial charge in [0.25, 0.3) is 0 Å². The summed E-state index contributed by atoms with van der Waals surface area (Å²) < 4.78 is 7.23. The molecule has 17 heavy (non-hydrogen) atoms. The molecule has 1 N–H and O–H groups in total. The first-order chi connectivity index (χ1) is 8.04. The van der Waals surface area contributed by atoms with E-state index in [4.69, 9.17) is 9.84 Å². The first-order valence-corrected chi connectivity index (χ1v) is 5.38. The largest absolute Gasteiger partial charge is 0.495 e. The van der Waals surface area contributed by atoms with Crippen LogP contribution >= 0.6 is 0 Å². The molecule has 0 atom stereocenters. The standard InChI is InChI=1S/C13H15NO3/c1-8-4-5-10(17-3)13-12(8)9(6-11(15)16)7-14(13)2/h4-5,7H,6H2,1-3H3,(H,15,16). The number of ether oxygens (including phenoxy) is 1. The van der Waals surface area contributed by atoms with Gasteiger partial charge in [0, 0.05) is 18.6 Å². The topological polar surface area (TPSA) is 51.5 Å². The monoisotopic (exact) mass is 233 g/mol. The van der Waals surface area contributed by atoms with Crippen LogP contribution in [0.25, 0.3) is 10.9 Å². The van der Waals surface area contributed by atoms with E-state index in [1.807, 2.05) is 36.9 Å². The van der Waals surface area contributed by atoms with Gasteiger partial charge in [0.05, 0.1) is 19.0 Å². The fraction of sp³-hybridized carbons (Fsp3) is 0.308. The molecule has 0 amide bonds. The third-order valence-corrected chi connectivity index (χ3v) is 2.93. The Bertz CT molecular complexity index is 584. The van der Waals surface area contributed by atoms with Gasteiger partial charge in [-0.25, -0.2) is 0 Å². The maximum atomic E-state index is 10.8. The van der Waals surface area contributed by atoms with E-state index in [-0.39, 0.29) is 6.42 Å². The summed E-state index contributed by atoms with van der Waals surface area (Å²) in [5, 5.41) is 9.89. The van der Waals surface area contributed by atoms with Gasteiger partial charge in [0.15, 0.2) is 0 Å². The number of aliphatic carboxylic acids is 1. The number of carboxylic acids is 1. The number of fused-ring (bicyclic) bond motifs is 1. The normalized spacial score (nSPS) is 10.8. The van der Waals surface area contributed by atoms with Gasteiger partial charge in [-0.2, -0.15) is 0 Å². The number of carboxylic acid groups (broad SMARTS) is 1. The first kappa shape index (κ1) is 11.5. The lowest BCUT2D eigenvalue weighted by molar-refractivity contribution is -0.136. The maximum absolute atomic E-state index is 10.8. The van der Waals surface area contributed by atoms with E-state index in [1.54, 1.807) is 7.11 Å². The number of nitrogens with zero attached hydrogens (tertiary/aromatic N) is 1. The zero-order valence-electron chi connectivity index (χ0n) is 10.2. The van der Waals surface area contributed by atoms with Crippen LogP contribution < -0.4 is 4.74 Å². The molecule has 0 bridgehead atoms. The Morgan fingerprint density at radius 1 is 1.47 bits per heavy atom. The molecule has 0 aliphatic heterocycles. The number of carbonyl (C=O) groups is 1. The first-order valence-electron chi connectivity index (χ1n) is 5.38. The Hall–Kier alpha value is -1.97. The van der Waals surface area contributed by atoms with Gasteiger partial charge in [-0.1, -0.05) is 6.07 Å². The van der Waals surface area contributed by atoms with Gasteiger partial charge in [0.2, 0.25) is 0 Å². The Morgan fingerprint density at radius 2 is 2.18 bits per heavy atom. The van der Waals surface area contributed by atoms with Crippen LogP contribution in [0.15, 0.2) is 18.3 Å². The van der Waals surface area contributed by atoms with Crippen molar-refractivity contribution in [2.75, 3.05) is 7.11 Å². The van der Waals surface area contributed by atoms with Crippen LogP contribution in [0.1, 0.15) is 11.1 Å². The van der Waals surface area contributed by atoms with Crippen molar-refractivity contribution in [1.82, 2.24) is 4.57 Å². The zero-order valence-corrected chi connectivity index (χ0v) is 10.2. The van der Waals surface area contributed by atoms with Gasteiger partial charge in [-0.3, -0.25) is 4.79 Å². The van der Waals surface area contributed by atoms with Crippen molar-refractivity contribution in [1.29, 1.82) is 0 Å². The highest BCUT2D eigenvalue weighted by atomic mass is 16.5. The van der Waals surface area contributed by atoms with Crippen LogP contribution in [0.2, 0.25) is 0 Å². The highest BCUT2D eigenvalue weighted by Crippen LogP contribution is 2.32. The number of methoxy groups -OCH3 is 1. The minimum atomic E-state index is -0.820. The average Bonchev–Trinajstić information content (AvgIpc) is 2.57. The van der Waals surface area contributed by atoms with E-state index in [2.05, 4.69) is 0 Å². The molecule has 0 spiro atoms. The third-order valence-electron chi connectivity index (χ3n) is 2.93. The molecular formula is C13H15NO3. The van der Waals surface area contributed by atoms with Crippen LogP contribution in [0, 0.1) is 6.92 Å². The number of benzene rings is 1. The Labute approximate surface area is 99.4 Å². The average molecular weight is 233 g/mol. The molecule has 0 unspecified atom stereocenters. The van der Waals surface area contributed by atoms with Crippen LogP contribution in [0.3, 0.4) is 0 Å². The fourth-order valence-electron chi connectivity index (χ4n) is 2.25. The molecule has 2 rings (SSSR count). The minimum absolute atomic E-state index is 0.0331. The molecule has 90 valence electrons. The summed E-state index contributed by atoms with van der Waals surface area (Å²) in [6.45, 7) is 1.98. The second-order valence-corrected chi connectivity index (χ2v) is 4.14. The number of hydrogen-bond acceptors (Lipinski definition) is 2. The predicted molar refractivity (Wildman–Crippen MR) is 65.5 cm³/mol. The van der Waals surface area contributed by atoms with Gasteiger partial charge in [-0.15, -0.1) is 0 Å². The number of aryl methyl sites for hydroxylation is 2. The maximum Gasteiger partial charge on any atom is 0.307 e. The van der Waals surface area contributed by atoms with E-state index in [0.29, 0.717) is 0 Å². The van der Waals surface area contributed by atoms with Crippen molar-refractivity contribution in [3.8, 4) is 5.75 Å². The lowest BCUT2D eigenvalue weighted by Crippen LogP contribution is -1.99. The minimum Gasteiger partial charge on any atom is -0.495 e. The van der Waals surface area contributed by atoms with Crippen molar-refractivity contribution in [3.05, 3.63) is 29.5 Å². The predicted octanol–water partition coefficient (Wildman–Crippen LogP) is 2.12. The van der Waals surface area contributed by atoms with Gasteiger partial charge >= 0.3 is 5.97 Å². The Kier molecular flexibility index (Phi) is 2.79. The molecule has 0 radical (unpaired) electrons. The highest BCUT2D eigenvalue weighted by Gasteiger charge is 2.15. The Balaban J connectivity index is 2.76. The molecule has 0 saturated carbocycles. The molecule has 1 aromatic carbocycles. The lowest BCUT2D eigenvalue weighted by atomic mass is 10.1. The fourth-order valence-corrected chi connectivity index (χ4v) is 2.25. The smallest absolute Gasteiger partial charge is 0.307 e. The molecule has 0 saturated heterocycles. The second-order valence-electron chi connectivity index (χ2n) is 4.14. The zero-order chi connectivity index (χ0) is 12.6. The van der Waals surface area contributed by atoms with E-state index in [1.165, 1.54) is 0 Å². The summed E-state index contributed by atoms with van der Waals surface area (Å²) in [7, 11) is 3.52. The molecule has 1 aromatic heterocycles. The molecule has 1 heterocycles. The van der Waals surface area contributed by atoms with Crippen LogP contribution in [0.4, 0.5) is 0 Å². The van der Waals surface area contributed by atoms with Crippen molar-refractivity contribution < 1.29 is 14.6 Å². The quantitative estimate of drug-likeness (QED) is 0.883. The van der Waals surface area contributed by atoms with Crippen molar-refractivity contribution in [3.63, 3.8) is 0 Å². The van der Waals surface area contributed by atoms with Crippen molar-refractivity contribution in [2.24, 2.45) is 7.05 Å². The Morgan fingerprint density at radius 3 is 2.76 bits per heavy atom. The molecule has 4 heteroatoms. The van der Waals surface area contributed by atoms with E-state index in [0.717, 1.165) is 27.8 Å². The van der Waals surface area contributed by atoms with Gasteiger partial charge < -0.3 is 14.4 Å². The van der Waals surface area contributed by atoms with E-state index in [9.17, 15) is 4.79 Å². The van der Waals surface area contributed by atoms with Gasteiger partial charge in [-0.05, 0) is 24.1 Å². The van der Waals surface area contributed by atoms with Crippen molar-refractivity contribution in [2.45, 2.75) is 13.3 Å². The molecule has 2 aromatic rings. The summed E-state index contributed by atoms with van der Waals surface area (Å²) in [6.07, 6.45) is 1.89. The van der Waals surface area contributed by atoms with E-state index >= 15 is 0 Å². The van der Waals surface area contributed by atoms with Gasteiger partial charge in [0.1, 0.15) is 5.75 Å². The number of rotatable bonds is 3. The summed E-state index contributed by atoms with van der Waals surface area (Å²) in [4.78, 5) is 10.8. The molecule has 0 aliphatic carbocycles. The molecule has 0 aliphatic rings. The van der Waals surface area contributed by atoms with Crippen LogP contribution in [-0.2, 0) is 18.3 Å². The highest BCUT2D eigenvalue weighted by molar-refractivity contribution is 5.94. The summed E-state index contributed by atoms with van der Waals surface area (Å²) in [5.74, 6) is -0.0514. The molecule has 0 fully saturated rings. The molecular weight excluding hydrogens is 218 g/mol. The van der Waals surface area contributed by atoms with Crippen LogP contribution in [-0.4, -0.2) is 22.8 Å². The second kappa shape index (κ2) is 4.13. The SMILES string of the molecule is COc1ccc(C)c2c(CC(=O)O)cn(C)c12. The summed E-state index contributed by atoms with van der Waals surface area (Å²) in [5.41, 5.74) is 2.84. The molecule has 4 nitrogen and oxygen atoms in total. The van der Waals surface area contributed by atoms with Crippen molar-refractivity contribution >= 4 is 16.9 Å². The summed E-state index contributed by atoms with van der Waals surface area (Å²) >= 11 is 0. The lowest BCUT2D eigenvalue weighted by Gasteiger charge is -2.06. The van der Waals surface area contributed by atoms with E-state index < -0.39 is 5.97 Å². The van der Waals surface area contributed by atoms with Crippen LogP contribution in [0.5, 0.6) is 5.75 Å². The summed E-state index contributed by atoms with van der Waals surface area (Å²) in [6, 6.07) is 3.86.